The van der Waals surface area contributed by atoms with Gasteiger partial charge < -0.3 is 0 Å². The Morgan fingerprint density at radius 2 is 2.56 bits per heavy atom. The molecule has 0 aliphatic rings. The molecule has 0 N–H and O–H groups in total. The van der Waals surface area contributed by atoms with Crippen LogP contribution in [0.15, 0.2) is 16.7 Å². The lowest BCUT2D eigenvalue weighted by Crippen LogP contribution is -1.83. The van der Waals surface area contributed by atoms with E-state index < -0.39 is 0 Å². The van der Waals surface area contributed by atoms with Crippen molar-refractivity contribution in [3.8, 4) is 0 Å². The molecular weight excluding hydrogens is 178 g/mol. The molecule has 0 amide bonds. The number of aryl methyl sites for hydroxylation is 1. The third-order valence-corrected chi connectivity index (χ3v) is 1.55. The van der Waals surface area contributed by atoms with Gasteiger partial charge in [-0.05, 0) is 12.5 Å². The predicted molar refractivity (Wildman–Crippen MR) is 40.2 cm³/mol. The van der Waals surface area contributed by atoms with Gasteiger partial charge in [-0.2, -0.15) is 0 Å². The molecule has 0 unspecified atom stereocenters. The summed E-state index contributed by atoms with van der Waals surface area (Å²) in [6.07, 6.45) is 2.66. The fourth-order valence-corrected chi connectivity index (χ4v) is 0.962. The lowest BCUT2D eigenvalue weighted by molar-refractivity contribution is 1.03. The molecule has 1 nitrogen and oxygen atoms in total. The van der Waals surface area contributed by atoms with E-state index >= 15 is 0 Å². The van der Waals surface area contributed by atoms with Gasteiger partial charge in [0.1, 0.15) is 0 Å². The Labute approximate surface area is 63.2 Å². The van der Waals surface area contributed by atoms with E-state index in [9.17, 15) is 0 Å². The first-order chi connectivity index (χ1) is 4.33. The third kappa shape index (κ3) is 1.79. The average Bonchev–Trinajstić information content (AvgIpc) is 1.88. The number of hydrogen-bond acceptors (Lipinski definition) is 1. The molecule has 1 heterocycles. The van der Waals surface area contributed by atoms with Crippen molar-refractivity contribution in [2.75, 3.05) is 0 Å². The second-order valence-electron chi connectivity index (χ2n) is 1.74. The molecular formula is C7H7BrN. The van der Waals surface area contributed by atoms with E-state index in [2.05, 4.69) is 33.9 Å². The van der Waals surface area contributed by atoms with Gasteiger partial charge >= 0.3 is 0 Å². The highest BCUT2D eigenvalue weighted by atomic mass is 79.9. The van der Waals surface area contributed by atoms with Crippen LogP contribution in [0.25, 0.3) is 0 Å². The SMILES string of the molecule is CCc1cc(Br)[c]cn1. The maximum absolute atomic E-state index is 4.07. The highest BCUT2D eigenvalue weighted by molar-refractivity contribution is 9.10. The number of nitrogens with zero attached hydrogens (tertiary/aromatic N) is 1. The highest BCUT2D eigenvalue weighted by Crippen LogP contribution is 2.07. The fraction of sp³-hybridized carbons (Fsp3) is 0.286. The number of aromatic nitrogens is 1. The summed E-state index contributed by atoms with van der Waals surface area (Å²) in [5.41, 5.74) is 1.10. The molecule has 0 bridgehead atoms. The molecule has 47 valence electrons. The molecule has 0 fully saturated rings. The Morgan fingerprint density at radius 1 is 1.78 bits per heavy atom. The van der Waals surface area contributed by atoms with Crippen LogP contribution >= 0.6 is 15.9 Å². The van der Waals surface area contributed by atoms with Crippen LogP contribution in [-0.4, -0.2) is 4.98 Å². The van der Waals surface area contributed by atoms with Gasteiger partial charge in [-0.1, -0.05) is 22.9 Å². The molecule has 2 heteroatoms. The van der Waals surface area contributed by atoms with Crippen molar-refractivity contribution < 1.29 is 0 Å². The van der Waals surface area contributed by atoms with Crippen LogP contribution in [0.3, 0.4) is 0 Å². The van der Waals surface area contributed by atoms with Crippen LogP contribution in [0.1, 0.15) is 12.6 Å². The minimum atomic E-state index is 0.979. The first-order valence-electron chi connectivity index (χ1n) is 2.85. The molecule has 0 aliphatic carbocycles. The van der Waals surface area contributed by atoms with Gasteiger partial charge in [0.2, 0.25) is 0 Å². The molecule has 1 aromatic heterocycles. The topological polar surface area (TPSA) is 12.9 Å². The Morgan fingerprint density at radius 3 is 3.00 bits per heavy atom. The maximum atomic E-state index is 4.07. The van der Waals surface area contributed by atoms with Crippen molar-refractivity contribution in [3.05, 3.63) is 28.5 Å². The van der Waals surface area contributed by atoms with E-state index in [1.165, 1.54) is 0 Å². The smallest absolute Gasteiger partial charge is 0.0412 e. The molecule has 0 saturated carbocycles. The van der Waals surface area contributed by atoms with Crippen molar-refractivity contribution in [1.82, 2.24) is 4.98 Å². The van der Waals surface area contributed by atoms with Crippen LogP contribution < -0.4 is 0 Å². The van der Waals surface area contributed by atoms with E-state index in [0.717, 1.165) is 16.6 Å². The first-order valence-corrected chi connectivity index (χ1v) is 3.64. The summed E-state index contributed by atoms with van der Waals surface area (Å²) in [5, 5.41) is 0. The lowest BCUT2D eigenvalue weighted by atomic mass is 10.3. The van der Waals surface area contributed by atoms with Crippen LogP contribution in [0, 0.1) is 6.07 Å². The summed E-state index contributed by atoms with van der Waals surface area (Å²) in [5.74, 6) is 0. The number of pyridine rings is 1. The molecule has 0 aliphatic heterocycles. The van der Waals surface area contributed by atoms with Crippen molar-refractivity contribution in [3.63, 3.8) is 0 Å². The minimum Gasteiger partial charge on any atom is -0.261 e. The first kappa shape index (κ1) is 6.75. The van der Waals surface area contributed by atoms with Crippen molar-refractivity contribution in [2.45, 2.75) is 13.3 Å². The Bertz CT molecular complexity index is 198. The van der Waals surface area contributed by atoms with E-state index in [1.54, 1.807) is 6.20 Å². The monoisotopic (exact) mass is 184 g/mol. The van der Waals surface area contributed by atoms with Crippen molar-refractivity contribution in [2.24, 2.45) is 0 Å². The summed E-state index contributed by atoms with van der Waals surface area (Å²) in [6.45, 7) is 2.08. The molecule has 1 radical (unpaired) electrons. The summed E-state index contributed by atoms with van der Waals surface area (Å²) in [7, 11) is 0. The van der Waals surface area contributed by atoms with E-state index in [-0.39, 0.29) is 0 Å². The molecule has 1 aromatic rings. The third-order valence-electron chi connectivity index (χ3n) is 1.09. The maximum Gasteiger partial charge on any atom is 0.0412 e. The highest BCUT2D eigenvalue weighted by Gasteiger charge is 1.89. The quantitative estimate of drug-likeness (QED) is 0.653. The Balaban J connectivity index is 2.94. The van der Waals surface area contributed by atoms with Gasteiger partial charge in [0.15, 0.2) is 0 Å². The normalized spacial score (nSPS) is 9.56. The molecule has 0 atom stereocenters. The second-order valence-corrected chi connectivity index (χ2v) is 2.59. The average molecular weight is 185 g/mol. The Kier molecular flexibility index (Phi) is 2.22. The van der Waals surface area contributed by atoms with Crippen LogP contribution in [0.2, 0.25) is 0 Å². The standard InChI is InChI=1S/C7H7BrN/c1-2-7-5-6(8)3-4-9-7/h4-5H,2H2,1H3. The fourth-order valence-electron chi connectivity index (χ4n) is 0.595. The Hall–Kier alpha value is -0.370. The summed E-state index contributed by atoms with van der Waals surface area (Å²) in [6, 6.07) is 4.88. The second kappa shape index (κ2) is 2.97. The number of halogens is 1. The van der Waals surface area contributed by atoms with E-state index in [1.807, 2.05) is 6.07 Å². The van der Waals surface area contributed by atoms with Crippen LogP contribution in [0.4, 0.5) is 0 Å². The van der Waals surface area contributed by atoms with Gasteiger partial charge in [-0.25, -0.2) is 0 Å². The largest absolute Gasteiger partial charge is 0.261 e. The molecule has 0 aromatic carbocycles. The molecule has 9 heavy (non-hydrogen) atoms. The van der Waals surface area contributed by atoms with Crippen molar-refractivity contribution >= 4 is 15.9 Å². The van der Waals surface area contributed by atoms with E-state index in [4.69, 9.17) is 0 Å². The van der Waals surface area contributed by atoms with Crippen LogP contribution in [0.5, 0.6) is 0 Å². The van der Waals surface area contributed by atoms with Gasteiger partial charge in [0, 0.05) is 22.4 Å². The molecule has 0 saturated heterocycles. The molecule has 1 rings (SSSR count). The molecule has 0 spiro atoms. The predicted octanol–water partition coefficient (Wildman–Crippen LogP) is 2.21. The zero-order valence-corrected chi connectivity index (χ0v) is 6.77. The number of rotatable bonds is 1. The zero-order valence-electron chi connectivity index (χ0n) is 5.19. The summed E-state index contributed by atoms with van der Waals surface area (Å²) in [4.78, 5) is 4.07. The van der Waals surface area contributed by atoms with Crippen molar-refractivity contribution in [1.29, 1.82) is 0 Å². The number of hydrogen-bond donors (Lipinski definition) is 0. The summed E-state index contributed by atoms with van der Waals surface area (Å²) < 4.78 is 0.981. The van der Waals surface area contributed by atoms with E-state index in [0.29, 0.717) is 0 Å². The lowest BCUT2D eigenvalue weighted by Gasteiger charge is -1.92. The van der Waals surface area contributed by atoms with Gasteiger partial charge in [-0.15, -0.1) is 0 Å². The van der Waals surface area contributed by atoms with Crippen LogP contribution in [-0.2, 0) is 6.42 Å². The minimum absolute atomic E-state index is 0.979. The summed E-state index contributed by atoms with van der Waals surface area (Å²) >= 11 is 3.31. The zero-order chi connectivity index (χ0) is 6.69. The van der Waals surface area contributed by atoms with Gasteiger partial charge in [0.25, 0.3) is 0 Å². The van der Waals surface area contributed by atoms with Gasteiger partial charge in [0.05, 0.1) is 0 Å². The van der Waals surface area contributed by atoms with Gasteiger partial charge in [-0.3, -0.25) is 4.98 Å².